The summed E-state index contributed by atoms with van der Waals surface area (Å²) in [5.41, 5.74) is 1.55. The normalized spacial score (nSPS) is 10.5. The summed E-state index contributed by atoms with van der Waals surface area (Å²) in [5.74, 6) is 1.96. The number of anilines is 1. The van der Waals surface area contributed by atoms with Gasteiger partial charge in [0.25, 0.3) is 0 Å². The third-order valence-electron chi connectivity index (χ3n) is 3.41. The summed E-state index contributed by atoms with van der Waals surface area (Å²) in [6.45, 7) is 0.874. The smallest absolute Gasteiger partial charge is 0.144 e. The molecule has 0 fully saturated rings. The highest BCUT2D eigenvalue weighted by atomic mass is 32.2. The second-order valence-electron chi connectivity index (χ2n) is 5.02. The van der Waals surface area contributed by atoms with Gasteiger partial charge in [-0.25, -0.2) is 4.98 Å². The molecule has 0 bridgehead atoms. The van der Waals surface area contributed by atoms with Crippen LogP contribution in [0.25, 0.3) is 10.9 Å². The minimum Gasteiger partial charge on any atom is -0.369 e. The predicted molar refractivity (Wildman–Crippen MR) is 91.8 cm³/mol. The van der Waals surface area contributed by atoms with Gasteiger partial charge in [0, 0.05) is 11.9 Å². The Kier molecular flexibility index (Phi) is 6.36. The summed E-state index contributed by atoms with van der Waals surface area (Å²) in [6.07, 6.45) is 7.06. The SMILES string of the molecule is CSCCCCCCNc1nc2ccccc2cc1C#N. The average Bonchev–Trinajstić information content (AvgIpc) is 2.53. The van der Waals surface area contributed by atoms with Gasteiger partial charge in [0.05, 0.1) is 11.1 Å². The number of hydrogen-bond donors (Lipinski definition) is 1. The Hall–Kier alpha value is -1.73. The number of thioether (sulfide) groups is 1. The number of rotatable bonds is 8. The van der Waals surface area contributed by atoms with E-state index in [1.165, 1.54) is 25.0 Å². The highest BCUT2D eigenvalue weighted by molar-refractivity contribution is 7.98. The van der Waals surface area contributed by atoms with Gasteiger partial charge in [0.2, 0.25) is 0 Å². The number of nitrogens with one attached hydrogen (secondary N) is 1. The maximum absolute atomic E-state index is 9.25. The van der Waals surface area contributed by atoms with Crippen molar-refractivity contribution in [2.75, 3.05) is 23.9 Å². The molecule has 0 aliphatic heterocycles. The molecule has 0 atom stereocenters. The number of benzene rings is 1. The van der Waals surface area contributed by atoms with Crippen molar-refractivity contribution in [3.8, 4) is 6.07 Å². The van der Waals surface area contributed by atoms with Gasteiger partial charge in [-0.1, -0.05) is 31.0 Å². The van der Waals surface area contributed by atoms with E-state index < -0.39 is 0 Å². The number of para-hydroxylation sites is 1. The van der Waals surface area contributed by atoms with Crippen LogP contribution in [0.15, 0.2) is 30.3 Å². The van der Waals surface area contributed by atoms with E-state index in [0.29, 0.717) is 11.4 Å². The van der Waals surface area contributed by atoms with Gasteiger partial charge < -0.3 is 5.32 Å². The van der Waals surface area contributed by atoms with Crippen LogP contribution in [0.2, 0.25) is 0 Å². The maximum Gasteiger partial charge on any atom is 0.144 e. The molecule has 0 amide bonds. The second kappa shape index (κ2) is 8.53. The molecule has 0 saturated heterocycles. The van der Waals surface area contributed by atoms with Crippen LogP contribution in [-0.4, -0.2) is 23.5 Å². The fraction of sp³-hybridized carbons (Fsp3) is 0.412. The Balaban J connectivity index is 1.90. The molecule has 1 aromatic carbocycles. The molecule has 2 rings (SSSR count). The van der Waals surface area contributed by atoms with Crippen molar-refractivity contribution in [2.45, 2.75) is 25.7 Å². The average molecular weight is 299 g/mol. The Labute approximate surface area is 130 Å². The molecule has 0 aliphatic carbocycles. The lowest BCUT2D eigenvalue weighted by Crippen LogP contribution is -2.05. The molecular weight excluding hydrogens is 278 g/mol. The highest BCUT2D eigenvalue weighted by Gasteiger charge is 2.05. The lowest BCUT2D eigenvalue weighted by Gasteiger charge is -2.08. The maximum atomic E-state index is 9.25. The Bertz CT molecular complexity index is 619. The molecule has 0 unspecified atom stereocenters. The summed E-state index contributed by atoms with van der Waals surface area (Å²) in [6, 6.07) is 12.0. The van der Waals surface area contributed by atoms with Crippen LogP contribution in [-0.2, 0) is 0 Å². The zero-order valence-corrected chi connectivity index (χ0v) is 13.2. The summed E-state index contributed by atoms with van der Waals surface area (Å²) >= 11 is 1.91. The number of unbranched alkanes of at least 4 members (excludes halogenated alkanes) is 3. The first-order valence-corrected chi connectivity index (χ1v) is 8.77. The van der Waals surface area contributed by atoms with Crippen LogP contribution in [0.4, 0.5) is 5.82 Å². The topological polar surface area (TPSA) is 48.7 Å². The highest BCUT2D eigenvalue weighted by Crippen LogP contribution is 2.19. The van der Waals surface area contributed by atoms with E-state index in [1.54, 1.807) is 0 Å². The summed E-state index contributed by atoms with van der Waals surface area (Å²) in [4.78, 5) is 4.56. The molecule has 0 saturated carbocycles. The van der Waals surface area contributed by atoms with Crippen molar-refractivity contribution in [3.63, 3.8) is 0 Å². The minimum atomic E-state index is 0.621. The van der Waals surface area contributed by atoms with Crippen LogP contribution in [0.3, 0.4) is 0 Å². The van der Waals surface area contributed by atoms with Crippen molar-refractivity contribution in [2.24, 2.45) is 0 Å². The fourth-order valence-corrected chi connectivity index (χ4v) is 2.76. The van der Waals surface area contributed by atoms with Gasteiger partial charge in [0.1, 0.15) is 11.9 Å². The van der Waals surface area contributed by atoms with Gasteiger partial charge >= 0.3 is 0 Å². The first-order valence-electron chi connectivity index (χ1n) is 7.38. The van der Waals surface area contributed by atoms with Crippen LogP contribution >= 0.6 is 11.8 Å². The van der Waals surface area contributed by atoms with Gasteiger partial charge in [-0.05, 0) is 37.0 Å². The van der Waals surface area contributed by atoms with Crippen molar-refractivity contribution in [1.29, 1.82) is 5.26 Å². The standard InChI is InChI=1S/C17H21N3S/c1-21-11-7-3-2-6-10-19-17-15(13-18)12-14-8-4-5-9-16(14)20-17/h4-5,8-9,12H,2-3,6-7,10-11H2,1H3,(H,19,20). The molecule has 4 heteroatoms. The van der Waals surface area contributed by atoms with Crippen molar-refractivity contribution >= 4 is 28.5 Å². The third kappa shape index (κ3) is 4.64. The number of fused-ring (bicyclic) bond motifs is 1. The summed E-state index contributed by atoms with van der Waals surface area (Å²) in [7, 11) is 0. The van der Waals surface area contributed by atoms with Gasteiger partial charge in [-0.2, -0.15) is 17.0 Å². The van der Waals surface area contributed by atoms with Gasteiger partial charge in [-0.15, -0.1) is 0 Å². The lowest BCUT2D eigenvalue weighted by molar-refractivity contribution is 0.688. The van der Waals surface area contributed by atoms with Gasteiger partial charge in [0.15, 0.2) is 0 Å². The minimum absolute atomic E-state index is 0.621. The Morgan fingerprint density at radius 1 is 1.19 bits per heavy atom. The predicted octanol–water partition coefficient (Wildman–Crippen LogP) is 4.44. The van der Waals surface area contributed by atoms with Gasteiger partial charge in [-0.3, -0.25) is 0 Å². The fourth-order valence-electron chi connectivity index (χ4n) is 2.27. The third-order valence-corrected chi connectivity index (χ3v) is 4.11. The van der Waals surface area contributed by atoms with E-state index in [0.717, 1.165) is 23.9 Å². The zero-order valence-electron chi connectivity index (χ0n) is 12.4. The van der Waals surface area contributed by atoms with Crippen LogP contribution in [0.5, 0.6) is 0 Å². The van der Waals surface area contributed by atoms with Crippen LogP contribution < -0.4 is 5.32 Å². The Morgan fingerprint density at radius 2 is 2.00 bits per heavy atom. The largest absolute Gasteiger partial charge is 0.369 e. The zero-order chi connectivity index (χ0) is 14.9. The lowest BCUT2D eigenvalue weighted by atomic mass is 10.1. The number of hydrogen-bond acceptors (Lipinski definition) is 4. The van der Waals surface area contributed by atoms with E-state index in [2.05, 4.69) is 22.6 Å². The Morgan fingerprint density at radius 3 is 2.81 bits per heavy atom. The molecule has 0 spiro atoms. The summed E-state index contributed by atoms with van der Waals surface area (Å²) in [5, 5.41) is 13.6. The number of nitrogens with zero attached hydrogens (tertiary/aromatic N) is 2. The van der Waals surface area contributed by atoms with Crippen molar-refractivity contribution < 1.29 is 0 Å². The van der Waals surface area contributed by atoms with Crippen molar-refractivity contribution in [3.05, 3.63) is 35.9 Å². The van der Waals surface area contributed by atoms with Crippen molar-refractivity contribution in [1.82, 2.24) is 4.98 Å². The van der Waals surface area contributed by atoms with E-state index in [-0.39, 0.29) is 0 Å². The second-order valence-corrected chi connectivity index (χ2v) is 6.01. The van der Waals surface area contributed by atoms with E-state index in [1.807, 2.05) is 42.1 Å². The van der Waals surface area contributed by atoms with E-state index in [9.17, 15) is 5.26 Å². The first-order chi connectivity index (χ1) is 10.3. The molecule has 2 aromatic rings. The molecule has 1 aromatic heterocycles. The van der Waals surface area contributed by atoms with Crippen LogP contribution in [0.1, 0.15) is 31.2 Å². The number of pyridine rings is 1. The molecule has 21 heavy (non-hydrogen) atoms. The molecule has 1 heterocycles. The quantitative estimate of drug-likeness (QED) is 0.732. The van der Waals surface area contributed by atoms with Crippen LogP contribution in [0, 0.1) is 11.3 Å². The number of nitriles is 1. The first kappa shape index (κ1) is 15.7. The monoisotopic (exact) mass is 299 g/mol. The molecule has 0 aliphatic rings. The molecule has 0 radical (unpaired) electrons. The van der Waals surface area contributed by atoms with E-state index in [4.69, 9.17) is 0 Å². The van der Waals surface area contributed by atoms with E-state index >= 15 is 0 Å². The summed E-state index contributed by atoms with van der Waals surface area (Å²) < 4.78 is 0. The number of aromatic nitrogens is 1. The molecule has 3 nitrogen and oxygen atoms in total. The molecule has 1 N–H and O–H groups in total. The molecular formula is C17H21N3S. The molecule has 110 valence electrons.